The minimum absolute atomic E-state index is 0.000948. The second-order valence-electron chi connectivity index (χ2n) is 7.56. The highest BCUT2D eigenvalue weighted by Crippen LogP contribution is 2.26. The number of hydrogen-bond donors (Lipinski definition) is 1. The summed E-state index contributed by atoms with van der Waals surface area (Å²) >= 11 is 3.38. The fourth-order valence-electron chi connectivity index (χ4n) is 3.52. The summed E-state index contributed by atoms with van der Waals surface area (Å²) in [7, 11) is 0. The number of thioether (sulfide) groups is 1. The highest BCUT2D eigenvalue weighted by molar-refractivity contribution is 8.00. The number of aryl methyl sites for hydroxylation is 2. The molecular weight excluding hydrogens is 430 g/mol. The quantitative estimate of drug-likeness (QED) is 0.504. The van der Waals surface area contributed by atoms with Crippen molar-refractivity contribution in [1.29, 1.82) is 0 Å². The molecule has 1 aliphatic rings. The first kappa shape index (κ1) is 22.1. The SMILES string of the molecule is Cc1csc(SCc2ccc(C(=O)NCC(c3ccc(C)o3)N3CCOCC3)cc2)n1. The van der Waals surface area contributed by atoms with Crippen LogP contribution < -0.4 is 5.32 Å². The van der Waals surface area contributed by atoms with Crippen molar-refractivity contribution < 1.29 is 13.9 Å². The van der Waals surface area contributed by atoms with E-state index < -0.39 is 0 Å². The summed E-state index contributed by atoms with van der Waals surface area (Å²) in [5, 5.41) is 5.15. The van der Waals surface area contributed by atoms with Gasteiger partial charge in [0.05, 0.1) is 19.3 Å². The number of thiazole rings is 1. The Bertz CT molecular complexity index is 994. The van der Waals surface area contributed by atoms with E-state index in [1.807, 2.05) is 50.2 Å². The number of carbonyl (C=O) groups excluding carboxylic acids is 1. The highest BCUT2D eigenvalue weighted by atomic mass is 32.2. The molecule has 1 atom stereocenters. The van der Waals surface area contributed by atoms with Crippen LogP contribution in [0, 0.1) is 13.8 Å². The average Bonchev–Trinajstić information content (AvgIpc) is 3.41. The van der Waals surface area contributed by atoms with Crippen molar-refractivity contribution in [2.75, 3.05) is 32.8 Å². The Labute approximate surface area is 191 Å². The third-order valence-corrected chi connectivity index (χ3v) is 7.42. The van der Waals surface area contributed by atoms with E-state index in [0.717, 1.165) is 40.4 Å². The van der Waals surface area contributed by atoms with Crippen molar-refractivity contribution in [2.45, 2.75) is 30.0 Å². The Balaban J connectivity index is 1.34. The van der Waals surface area contributed by atoms with Gasteiger partial charge in [0.2, 0.25) is 0 Å². The second kappa shape index (κ2) is 10.5. The van der Waals surface area contributed by atoms with Gasteiger partial charge in [-0.25, -0.2) is 4.98 Å². The molecule has 0 bridgehead atoms. The number of carbonyl (C=O) groups is 1. The van der Waals surface area contributed by atoms with Crippen LogP contribution in [0.2, 0.25) is 0 Å². The van der Waals surface area contributed by atoms with Gasteiger partial charge in [0.25, 0.3) is 5.91 Å². The molecule has 8 heteroatoms. The van der Waals surface area contributed by atoms with E-state index in [2.05, 4.69) is 20.6 Å². The van der Waals surface area contributed by atoms with Crippen LogP contribution in [0.15, 0.2) is 50.5 Å². The molecule has 2 aromatic heterocycles. The third kappa shape index (κ3) is 5.98. The molecule has 1 saturated heterocycles. The first-order valence-corrected chi connectivity index (χ1v) is 12.3. The first-order valence-electron chi connectivity index (χ1n) is 10.4. The zero-order valence-corrected chi connectivity index (χ0v) is 19.4. The van der Waals surface area contributed by atoms with Crippen LogP contribution in [0.25, 0.3) is 0 Å². The summed E-state index contributed by atoms with van der Waals surface area (Å²) < 4.78 is 12.4. The molecule has 0 radical (unpaired) electrons. The molecule has 1 fully saturated rings. The molecule has 164 valence electrons. The van der Waals surface area contributed by atoms with Gasteiger partial charge >= 0.3 is 0 Å². The molecule has 3 heterocycles. The van der Waals surface area contributed by atoms with E-state index >= 15 is 0 Å². The van der Waals surface area contributed by atoms with Gasteiger partial charge in [0, 0.05) is 42.0 Å². The number of amides is 1. The Hall–Kier alpha value is -2.13. The van der Waals surface area contributed by atoms with Crippen LogP contribution in [0.4, 0.5) is 0 Å². The van der Waals surface area contributed by atoms with Crippen LogP contribution in [-0.4, -0.2) is 48.6 Å². The van der Waals surface area contributed by atoms with E-state index in [4.69, 9.17) is 9.15 Å². The second-order valence-corrected chi connectivity index (χ2v) is 9.64. The average molecular weight is 458 g/mol. The predicted molar refractivity (Wildman–Crippen MR) is 124 cm³/mol. The number of aromatic nitrogens is 1. The maximum Gasteiger partial charge on any atom is 0.251 e. The zero-order valence-electron chi connectivity index (χ0n) is 17.8. The van der Waals surface area contributed by atoms with Crippen molar-refractivity contribution in [3.63, 3.8) is 0 Å². The number of benzene rings is 1. The molecule has 3 aromatic rings. The number of nitrogens with zero attached hydrogens (tertiary/aromatic N) is 2. The van der Waals surface area contributed by atoms with Gasteiger partial charge in [-0.2, -0.15) is 0 Å². The van der Waals surface area contributed by atoms with Crippen LogP contribution in [-0.2, 0) is 10.5 Å². The van der Waals surface area contributed by atoms with E-state index in [1.54, 1.807) is 23.1 Å². The van der Waals surface area contributed by atoms with E-state index in [9.17, 15) is 4.79 Å². The minimum atomic E-state index is -0.0729. The smallest absolute Gasteiger partial charge is 0.251 e. The van der Waals surface area contributed by atoms with Crippen molar-refractivity contribution in [1.82, 2.24) is 15.2 Å². The molecule has 0 aliphatic carbocycles. The standard InChI is InChI=1S/C23H27N3O3S2/c1-16-14-30-23(25-16)31-15-18-4-6-19(7-5-18)22(27)24-13-20(21-8-3-17(2)29-21)26-9-11-28-12-10-26/h3-8,14,20H,9-13,15H2,1-2H3,(H,24,27). The van der Waals surface area contributed by atoms with Crippen LogP contribution in [0.1, 0.15) is 39.2 Å². The largest absolute Gasteiger partial charge is 0.465 e. The first-order chi connectivity index (χ1) is 15.1. The van der Waals surface area contributed by atoms with Gasteiger partial charge in [-0.3, -0.25) is 9.69 Å². The van der Waals surface area contributed by atoms with Gasteiger partial charge in [0.15, 0.2) is 0 Å². The predicted octanol–water partition coefficient (Wildman–Crippen LogP) is 4.45. The van der Waals surface area contributed by atoms with E-state index in [1.165, 1.54) is 5.56 Å². The monoisotopic (exact) mass is 457 g/mol. The Kier molecular flexibility index (Phi) is 7.45. The number of rotatable bonds is 8. The molecule has 1 unspecified atom stereocenters. The van der Waals surface area contributed by atoms with Crippen molar-refractivity contribution in [2.24, 2.45) is 0 Å². The van der Waals surface area contributed by atoms with Crippen molar-refractivity contribution in [3.8, 4) is 0 Å². The summed E-state index contributed by atoms with van der Waals surface area (Å²) in [6.45, 7) is 7.48. The maximum absolute atomic E-state index is 12.8. The van der Waals surface area contributed by atoms with E-state index in [-0.39, 0.29) is 11.9 Å². The van der Waals surface area contributed by atoms with Crippen LogP contribution in [0.5, 0.6) is 0 Å². The van der Waals surface area contributed by atoms with Crippen LogP contribution >= 0.6 is 23.1 Å². The maximum atomic E-state index is 12.8. The number of nitrogens with one attached hydrogen (secondary N) is 1. The molecule has 0 spiro atoms. The molecule has 1 aliphatic heterocycles. The summed E-state index contributed by atoms with van der Waals surface area (Å²) in [5.74, 6) is 2.52. The van der Waals surface area contributed by atoms with Crippen LogP contribution in [0.3, 0.4) is 0 Å². The van der Waals surface area contributed by atoms with Crippen molar-refractivity contribution >= 4 is 29.0 Å². The highest BCUT2D eigenvalue weighted by Gasteiger charge is 2.25. The van der Waals surface area contributed by atoms with Gasteiger partial charge in [-0.05, 0) is 43.7 Å². The third-order valence-electron chi connectivity index (χ3n) is 5.21. The molecule has 1 aromatic carbocycles. The Morgan fingerprint density at radius 3 is 2.61 bits per heavy atom. The molecule has 6 nitrogen and oxygen atoms in total. The molecule has 4 rings (SSSR count). The van der Waals surface area contributed by atoms with E-state index in [0.29, 0.717) is 25.3 Å². The lowest BCUT2D eigenvalue weighted by Gasteiger charge is -2.33. The Morgan fingerprint density at radius 2 is 1.97 bits per heavy atom. The minimum Gasteiger partial charge on any atom is -0.465 e. The molecule has 1 N–H and O–H groups in total. The van der Waals surface area contributed by atoms with Crippen molar-refractivity contribution in [3.05, 3.63) is 70.1 Å². The van der Waals surface area contributed by atoms with Gasteiger partial charge in [0.1, 0.15) is 15.9 Å². The zero-order chi connectivity index (χ0) is 21.6. The lowest BCUT2D eigenvalue weighted by Crippen LogP contribution is -2.43. The fraction of sp³-hybridized carbons (Fsp3) is 0.391. The molecular formula is C23H27N3O3S2. The fourth-order valence-corrected chi connectivity index (χ4v) is 5.32. The summed E-state index contributed by atoms with van der Waals surface area (Å²) in [5.41, 5.74) is 2.89. The Morgan fingerprint density at radius 1 is 1.19 bits per heavy atom. The summed E-state index contributed by atoms with van der Waals surface area (Å²) in [6.07, 6.45) is 0. The topological polar surface area (TPSA) is 67.6 Å². The summed E-state index contributed by atoms with van der Waals surface area (Å²) in [4.78, 5) is 19.5. The van der Waals surface area contributed by atoms with Gasteiger partial charge in [-0.1, -0.05) is 23.9 Å². The lowest BCUT2D eigenvalue weighted by molar-refractivity contribution is 0.0117. The lowest BCUT2D eigenvalue weighted by atomic mass is 10.1. The number of furan rings is 1. The molecule has 31 heavy (non-hydrogen) atoms. The normalized spacial score (nSPS) is 15.7. The summed E-state index contributed by atoms with van der Waals surface area (Å²) in [6, 6.07) is 11.8. The van der Waals surface area contributed by atoms with Gasteiger partial charge in [-0.15, -0.1) is 11.3 Å². The number of hydrogen-bond acceptors (Lipinski definition) is 7. The molecule has 1 amide bonds. The molecule has 0 saturated carbocycles. The number of ether oxygens (including phenoxy) is 1. The van der Waals surface area contributed by atoms with Gasteiger partial charge < -0.3 is 14.5 Å². The number of morpholine rings is 1.